The average molecular weight is 394 g/mol. The van der Waals surface area contributed by atoms with Crippen molar-refractivity contribution in [1.29, 1.82) is 0 Å². The number of nitrogens with zero attached hydrogens (tertiary/aromatic N) is 2. The van der Waals surface area contributed by atoms with E-state index in [1.54, 1.807) is 24.3 Å². The Hall–Kier alpha value is -2.90. The standard InChI is InChI=1S/C20H14N2O3S2/c23-17(13-27-20-22-21-19(25-20)18-7-4-12-26-18)14-8-10-16(11-9-14)24-15-5-2-1-3-6-15/h1-12H,13H2. The third-order valence-corrected chi connectivity index (χ3v) is 5.30. The molecule has 0 bridgehead atoms. The molecule has 4 aromatic rings. The number of Topliss-reactive ketones (excluding diaryl/α,β-unsaturated/α-hetero) is 1. The molecule has 4 rings (SSSR count). The molecule has 2 heterocycles. The fraction of sp³-hybridized carbons (Fsp3) is 0.0500. The summed E-state index contributed by atoms with van der Waals surface area (Å²) in [5, 5.41) is 10.3. The number of carbonyl (C=O) groups excluding carboxylic acids is 1. The van der Waals surface area contributed by atoms with E-state index in [1.807, 2.05) is 47.8 Å². The molecule has 0 unspecified atom stereocenters. The molecule has 0 saturated heterocycles. The van der Waals surface area contributed by atoms with Gasteiger partial charge in [0.1, 0.15) is 11.5 Å². The van der Waals surface area contributed by atoms with Gasteiger partial charge in [-0.1, -0.05) is 36.0 Å². The molecule has 0 aliphatic carbocycles. The van der Waals surface area contributed by atoms with E-state index in [2.05, 4.69) is 10.2 Å². The molecule has 0 aliphatic rings. The summed E-state index contributed by atoms with van der Waals surface area (Å²) in [5.41, 5.74) is 0.612. The Morgan fingerprint density at radius 2 is 1.74 bits per heavy atom. The van der Waals surface area contributed by atoms with Crippen LogP contribution in [0, 0.1) is 0 Å². The van der Waals surface area contributed by atoms with Gasteiger partial charge in [-0.25, -0.2) is 0 Å². The first-order valence-corrected chi connectivity index (χ1v) is 10.0. The minimum Gasteiger partial charge on any atom is -0.457 e. The number of ether oxygens (including phenoxy) is 1. The molecule has 7 heteroatoms. The number of benzene rings is 2. The van der Waals surface area contributed by atoms with E-state index in [-0.39, 0.29) is 11.5 Å². The number of rotatable bonds is 7. The smallest absolute Gasteiger partial charge is 0.277 e. The zero-order valence-electron chi connectivity index (χ0n) is 14.1. The Labute approximate surface area is 164 Å². The summed E-state index contributed by atoms with van der Waals surface area (Å²) >= 11 is 2.76. The first-order chi connectivity index (χ1) is 13.3. The van der Waals surface area contributed by atoms with Crippen LogP contribution in [0.3, 0.4) is 0 Å². The topological polar surface area (TPSA) is 65.2 Å². The molecule has 2 aromatic carbocycles. The van der Waals surface area contributed by atoms with E-state index in [0.717, 1.165) is 10.6 Å². The first-order valence-electron chi connectivity index (χ1n) is 8.14. The second kappa shape index (κ2) is 8.20. The number of para-hydroxylation sites is 1. The van der Waals surface area contributed by atoms with Crippen LogP contribution in [0.2, 0.25) is 0 Å². The van der Waals surface area contributed by atoms with Crippen LogP contribution in [0.25, 0.3) is 10.8 Å². The molecule has 27 heavy (non-hydrogen) atoms. The van der Waals surface area contributed by atoms with Gasteiger partial charge >= 0.3 is 0 Å². The summed E-state index contributed by atoms with van der Waals surface area (Å²) in [5.74, 6) is 2.13. The molecule has 0 fully saturated rings. The van der Waals surface area contributed by atoms with Crippen LogP contribution in [0.15, 0.2) is 81.8 Å². The highest BCUT2D eigenvalue weighted by Gasteiger charge is 2.13. The minimum atomic E-state index is -0.0119. The summed E-state index contributed by atoms with van der Waals surface area (Å²) in [4.78, 5) is 13.3. The van der Waals surface area contributed by atoms with Gasteiger partial charge in [0.25, 0.3) is 11.1 Å². The van der Waals surface area contributed by atoms with E-state index in [9.17, 15) is 4.79 Å². The van der Waals surface area contributed by atoms with E-state index in [0.29, 0.717) is 22.4 Å². The van der Waals surface area contributed by atoms with Gasteiger partial charge in [-0.3, -0.25) is 4.79 Å². The van der Waals surface area contributed by atoms with Gasteiger partial charge in [0.2, 0.25) is 0 Å². The van der Waals surface area contributed by atoms with Crippen molar-refractivity contribution in [1.82, 2.24) is 10.2 Å². The molecule has 0 N–H and O–H groups in total. The molecule has 0 radical (unpaired) electrons. The van der Waals surface area contributed by atoms with Crippen LogP contribution >= 0.6 is 23.1 Å². The fourth-order valence-corrected chi connectivity index (χ4v) is 3.61. The number of aromatic nitrogens is 2. The van der Waals surface area contributed by atoms with Crippen LogP contribution in [0.5, 0.6) is 11.5 Å². The number of hydrogen-bond acceptors (Lipinski definition) is 7. The second-order valence-corrected chi connectivity index (χ2v) is 7.38. The van der Waals surface area contributed by atoms with Crippen LogP contribution in [0.1, 0.15) is 10.4 Å². The summed E-state index contributed by atoms with van der Waals surface area (Å²) in [6, 6.07) is 20.4. The maximum Gasteiger partial charge on any atom is 0.277 e. The predicted molar refractivity (Wildman–Crippen MR) is 106 cm³/mol. The average Bonchev–Trinajstić information content (AvgIpc) is 3.39. The van der Waals surface area contributed by atoms with Gasteiger partial charge in [0, 0.05) is 5.56 Å². The lowest BCUT2D eigenvalue weighted by Crippen LogP contribution is -2.02. The lowest BCUT2D eigenvalue weighted by atomic mass is 10.1. The van der Waals surface area contributed by atoms with E-state index in [4.69, 9.17) is 9.15 Å². The van der Waals surface area contributed by atoms with Crippen molar-refractivity contribution in [2.24, 2.45) is 0 Å². The Balaban J connectivity index is 1.34. The summed E-state index contributed by atoms with van der Waals surface area (Å²) < 4.78 is 11.3. The summed E-state index contributed by atoms with van der Waals surface area (Å²) in [6.45, 7) is 0. The van der Waals surface area contributed by atoms with Crippen LogP contribution < -0.4 is 4.74 Å². The van der Waals surface area contributed by atoms with Crippen molar-refractivity contribution in [2.45, 2.75) is 5.22 Å². The second-order valence-electron chi connectivity index (χ2n) is 5.50. The van der Waals surface area contributed by atoms with E-state index in [1.165, 1.54) is 23.1 Å². The minimum absolute atomic E-state index is 0.0119. The Kier molecular flexibility index (Phi) is 5.32. The maximum atomic E-state index is 12.4. The van der Waals surface area contributed by atoms with E-state index < -0.39 is 0 Å². The molecular weight excluding hydrogens is 380 g/mol. The lowest BCUT2D eigenvalue weighted by molar-refractivity contribution is 0.102. The number of hydrogen-bond donors (Lipinski definition) is 0. The fourth-order valence-electron chi connectivity index (χ4n) is 2.31. The molecule has 134 valence electrons. The molecule has 0 saturated carbocycles. The quantitative estimate of drug-likeness (QED) is 0.302. The molecule has 0 amide bonds. The molecule has 5 nitrogen and oxygen atoms in total. The molecule has 0 aliphatic heterocycles. The van der Waals surface area contributed by atoms with Gasteiger partial charge in [-0.15, -0.1) is 21.5 Å². The molecule has 0 atom stereocenters. The van der Waals surface area contributed by atoms with Gasteiger partial charge in [-0.05, 0) is 47.8 Å². The summed E-state index contributed by atoms with van der Waals surface area (Å²) in [6.07, 6.45) is 0. The van der Waals surface area contributed by atoms with Gasteiger partial charge in [0.05, 0.1) is 10.6 Å². The Bertz CT molecular complexity index is 1010. The maximum absolute atomic E-state index is 12.4. The molecule has 2 aromatic heterocycles. The molecule has 0 spiro atoms. The largest absolute Gasteiger partial charge is 0.457 e. The highest BCUT2D eigenvalue weighted by atomic mass is 32.2. The van der Waals surface area contributed by atoms with Crippen molar-refractivity contribution in [2.75, 3.05) is 5.75 Å². The Morgan fingerprint density at radius 3 is 2.48 bits per heavy atom. The van der Waals surface area contributed by atoms with Crippen molar-refractivity contribution >= 4 is 28.9 Å². The van der Waals surface area contributed by atoms with Crippen molar-refractivity contribution in [3.05, 3.63) is 77.7 Å². The lowest BCUT2D eigenvalue weighted by Gasteiger charge is -2.06. The monoisotopic (exact) mass is 394 g/mol. The predicted octanol–water partition coefficient (Wildman–Crippen LogP) is 5.57. The Morgan fingerprint density at radius 1 is 0.963 bits per heavy atom. The van der Waals surface area contributed by atoms with E-state index >= 15 is 0 Å². The number of thioether (sulfide) groups is 1. The SMILES string of the molecule is O=C(CSc1nnc(-c2cccs2)o1)c1ccc(Oc2ccccc2)cc1. The number of ketones is 1. The van der Waals surface area contributed by atoms with Gasteiger partial charge < -0.3 is 9.15 Å². The highest BCUT2D eigenvalue weighted by molar-refractivity contribution is 7.99. The van der Waals surface area contributed by atoms with Crippen LogP contribution in [0.4, 0.5) is 0 Å². The zero-order chi connectivity index (χ0) is 18.5. The van der Waals surface area contributed by atoms with Gasteiger partial charge in [-0.2, -0.15) is 0 Å². The zero-order valence-corrected chi connectivity index (χ0v) is 15.7. The highest BCUT2D eigenvalue weighted by Crippen LogP contribution is 2.27. The third-order valence-electron chi connectivity index (χ3n) is 3.62. The van der Waals surface area contributed by atoms with Crippen LogP contribution in [-0.4, -0.2) is 21.7 Å². The third kappa shape index (κ3) is 4.45. The molecular formula is C20H14N2O3S2. The summed E-state index contributed by atoms with van der Waals surface area (Å²) in [7, 11) is 0. The van der Waals surface area contributed by atoms with Crippen molar-refractivity contribution in [3.63, 3.8) is 0 Å². The van der Waals surface area contributed by atoms with Crippen LogP contribution in [-0.2, 0) is 0 Å². The number of carbonyl (C=O) groups is 1. The number of thiophene rings is 1. The van der Waals surface area contributed by atoms with Crippen molar-refractivity contribution < 1.29 is 13.9 Å². The van der Waals surface area contributed by atoms with Gasteiger partial charge in [0.15, 0.2) is 5.78 Å². The van der Waals surface area contributed by atoms with Crippen molar-refractivity contribution in [3.8, 4) is 22.3 Å². The normalized spacial score (nSPS) is 10.7. The first kappa shape index (κ1) is 17.5.